The number of aromatic nitrogens is 3. The summed E-state index contributed by atoms with van der Waals surface area (Å²) in [6.07, 6.45) is 1.31. The van der Waals surface area contributed by atoms with Crippen LogP contribution in [0, 0.1) is 0 Å². The van der Waals surface area contributed by atoms with Crippen LogP contribution in [0.25, 0.3) is 11.5 Å². The normalized spacial score (nSPS) is 11.8. The van der Waals surface area contributed by atoms with E-state index in [1.807, 2.05) is 30.3 Å². The van der Waals surface area contributed by atoms with Gasteiger partial charge in [-0.15, -0.1) is 10.2 Å². The first kappa shape index (κ1) is 19.0. The molecule has 27 heavy (non-hydrogen) atoms. The molecule has 0 saturated carbocycles. The van der Waals surface area contributed by atoms with Gasteiger partial charge in [-0.2, -0.15) is 4.31 Å². The van der Waals surface area contributed by atoms with Crippen LogP contribution in [0.4, 0.5) is 0 Å². The van der Waals surface area contributed by atoms with Crippen molar-refractivity contribution in [1.82, 2.24) is 19.1 Å². The molecular weight excluding hydrogens is 368 g/mol. The molecule has 3 aromatic rings. The number of hydrogen-bond donors (Lipinski definition) is 0. The van der Waals surface area contributed by atoms with Gasteiger partial charge in [-0.25, -0.2) is 8.42 Å². The number of pyridine rings is 1. The molecule has 0 bridgehead atoms. The molecule has 2 heterocycles. The largest absolute Gasteiger partial charge is 0.419 e. The zero-order valence-electron chi connectivity index (χ0n) is 15.1. The Hall–Kier alpha value is -2.78. The van der Waals surface area contributed by atoms with Crippen molar-refractivity contribution >= 4 is 10.0 Å². The molecule has 0 aliphatic rings. The van der Waals surface area contributed by atoms with Crippen molar-refractivity contribution in [3.8, 4) is 11.5 Å². The highest BCUT2D eigenvalue weighted by molar-refractivity contribution is 7.89. The number of hydrogen-bond acceptors (Lipinski definition) is 6. The SMILES string of the molecule is CCN(CC)S(=O)(=O)c1ccc(=O)n(Cc2nnc(-c3ccccc3)o2)c1. The third-order valence-corrected chi connectivity index (χ3v) is 6.13. The van der Waals surface area contributed by atoms with Crippen LogP contribution in [0.2, 0.25) is 0 Å². The Morgan fingerprint density at radius 2 is 1.74 bits per heavy atom. The van der Waals surface area contributed by atoms with Gasteiger partial charge in [0.25, 0.3) is 5.56 Å². The molecule has 0 fully saturated rings. The Morgan fingerprint density at radius 3 is 2.41 bits per heavy atom. The van der Waals surface area contributed by atoms with Gasteiger partial charge < -0.3 is 8.98 Å². The Labute approximate surface area is 157 Å². The fraction of sp³-hybridized carbons (Fsp3) is 0.278. The lowest BCUT2D eigenvalue weighted by molar-refractivity contribution is 0.443. The van der Waals surface area contributed by atoms with Crippen LogP contribution in [0.15, 0.2) is 62.8 Å². The van der Waals surface area contributed by atoms with Gasteiger partial charge in [-0.1, -0.05) is 32.0 Å². The molecule has 0 atom stereocenters. The molecule has 8 nitrogen and oxygen atoms in total. The molecule has 0 spiro atoms. The van der Waals surface area contributed by atoms with Gasteiger partial charge in [0, 0.05) is 30.9 Å². The molecule has 0 amide bonds. The summed E-state index contributed by atoms with van der Waals surface area (Å²) in [6, 6.07) is 11.8. The molecular formula is C18H20N4O4S. The first-order valence-electron chi connectivity index (χ1n) is 8.54. The van der Waals surface area contributed by atoms with E-state index in [1.165, 1.54) is 27.2 Å². The van der Waals surface area contributed by atoms with E-state index in [-0.39, 0.29) is 22.9 Å². The summed E-state index contributed by atoms with van der Waals surface area (Å²) < 4.78 is 33.5. The molecule has 2 aromatic heterocycles. The van der Waals surface area contributed by atoms with Crippen LogP contribution < -0.4 is 5.56 Å². The van der Waals surface area contributed by atoms with E-state index < -0.39 is 10.0 Å². The summed E-state index contributed by atoms with van der Waals surface area (Å²) in [7, 11) is -3.66. The van der Waals surface area contributed by atoms with Crippen molar-refractivity contribution in [2.75, 3.05) is 13.1 Å². The van der Waals surface area contributed by atoms with E-state index in [2.05, 4.69) is 10.2 Å². The molecule has 0 saturated heterocycles. The third-order valence-electron chi connectivity index (χ3n) is 4.09. The lowest BCUT2D eigenvalue weighted by Crippen LogP contribution is -2.32. The number of nitrogens with zero attached hydrogens (tertiary/aromatic N) is 4. The average molecular weight is 388 g/mol. The quantitative estimate of drug-likeness (QED) is 0.614. The number of rotatable bonds is 7. The fourth-order valence-corrected chi connectivity index (χ4v) is 4.14. The van der Waals surface area contributed by atoms with E-state index in [9.17, 15) is 13.2 Å². The van der Waals surface area contributed by atoms with Crippen LogP contribution in [0.1, 0.15) is 19.7 Å². The van der Waals surface area contributed by atoms with Crippen LogP contribution in [0.3, 0.4) is 0 Å². The standard InChI is InChI=1S/C18H20N4O4S/c1-3-22(4-2)27(24,25)15-10-11-17(23)21(12-15)13-16-19-20-18(26-16)14-8-6-5-7-9-14/h5-12H,3-4,13H2,1-2H3. The first-order chi connectivity index (χ1) is 13.0. The van der Waals surface area contributed by atoms with Crippen molar-refractivity contribution < 1.29 is 12.8 Å². The van der Waals surface area contributed by atoms with E-state index in [0.29, 0.717) is 19.0 Å². The van der Waals surface area contributed by atoms with Crippen molar-refractivity contribution in [3.05, 3.63) is 64.9 Å². The summed E-state index contributed by atoms with van der Waals surface area (Å²) >= 11 is 0. The maximum Gasteiger partial charge on any atom is 0.251 e. The zero-order valence-corrected chi connectivity index (χ0v) is 15.9. The van der Waals surface area contributed by atoms with E-state index in [1.54, 1.807) is 13.8 Å². The minimum absolute atomic E-state index is 0.0136. The smallest absolute Gasteiger partial charge is 0.251 e. The van der Waals surface area contributed by atoms with Crippen LogP contribution in [-0.2, 0) is 16.6 Å². The fourth-order valence-electron chi connectivity index (χ4n) is 2.66. The average Bonchev–Trinajstić information content (AvgIpc) is 3.13. The maximum absolute atomic E-state index is 12.7. The van der Waals surface area contributed by atoms with Crippen LogP contribution >= 0.6 is 0 Å². The van der Waals surface area contributed by atoms with Gasteiger partial charge in [-0.05, 0) is 18.2 Å². The monoisotopic (exact) mass is 388 g/mol. The van der Waals surface area contributed by atoms with Gasteiger partial charge in [0.15, 0.2) is 0 Å². The molecule has 0 aliphatic carbocycles. The maximum atomic E-state index is 12.7. The van der Waals surface area contributed by atoms with Gasteiger partial charge in [0.05, 0.1) is 4.90 Å². The highest BCUT2D eigenvalue weighted by Gasteiger charge is 2.22. The lowest BCUT2D eigenvalue weighted by atomic mass is 10.2. The zero-order chi connectivity index (χ0) is 19.4. The minimum Gasteiger partial charge on any atom is -0.419 e. The van der Waals surface area contributed by atoms with E-state index in [0.717, 1.165) is 5.56 Å². The number of benzene rings is 1. The molecule has 0 aliphatic heterocycles. The molecule has 142 valence electrons. The van der Waals surface area contributed by atoms with Gasteiger partial charge in [0.2, 0.25) is 21.8 Å². The first-order valence-corrected chi connectivity index (χ1v) is 9.98. The predicted octanol–water partition coefficient (Wildman–Crippen LogP) is 1.98. The molecule has 3 rings (SSSR count). The Balaban J connectivity index is 1.90. The molecule has 0 radical (unpaired) electrons. The third kappa shape index (κ3) is 3.99. The van der Waals surface area contributed by atoms with Crippen molar-refractivity contribution in [2.24, 2.45) is 0 Å². The molecule has 0 unspecified atom stereocenters. The highest BCUT2D eigenvalue weighted by Crippen LogP contribution is 2.18. The summed E-state index contributed by atoms with van der Waals surface area (Å²) in [4.78, 5) is 12.2. The summed E-state index contributed by atoms with van der Waals surface area (Å²) in [5.74, 6) is 0.555. The Kier molecular flexibility index (Phi) is 5.52. The predicted molar refractivity (Wildman–Crippen MR) is 99.6 cm³/mol. The summed E-state index contributed by atoms with van der Waals surface area (Å²) in [6.45, 7) is 4.21. The van der Waals surface area contributed by atoms with Crippen molar-refractivity contribution in [1.29, 1.82) is 0 Å². The van der Waals surface area contributed by atoms with Crippen LogP contribution in [0.5, 0.6) is 0 Å². The number of sulfonamides is 1. The second-order valence-corrected chi connectivity index (χ2v) is 7.73. The summed E-state index contributed by atoms with van der Waals surface area (Å²) in [5, 5.41) is 7.93. The molecule has 0 N–H and O–H groups in total. The molecule has 9 heteroatoms. The van der Waals surface area contributed by atoms with Crippen LogP contribution in [-0.4, -0.2) is 40.6 Å². The van der Waals surface area contributed by atoms with E-state index in [4.69, 9.17) is 4.42 Å². The summed E-state index contributed by atoms with van der Waals surface area (Å²) in [5.41, 5.74) is 0.411. The second-order valence-electron chi connectivity index (χ2n) is 5.79. The minimum atomic E-state index is -3.66. The van der Waals surface area contributed by atoms with Gasteiger partial charge >= 0.3 is 0 Å². The topological polar surface area (TPSA) is 98.3 Å². The van der Waals surface area contributed by atoms with Gasteiger partial charge in [0.1, 0.15) is 6.54 Å². The highest BCUT2D eigenvalue weighted by atomic mass is 32.2. The van der Waals surface area contributed by atoms with Crippen molar-refractivity contribution in [3.63, 3.8) is 0 Å². The second kappa shape index (κ2) is 7.85. The van der Waals surface area contributed by atoms with Gasteiger partial charge in [-0.3, -0.25) is 4.79 Å². The Morgan fingerprint density at radius 1 is 1.04 bits per heavy atom. The Bertz CT molecular complexity index is 1070. The van der Waals surface area contributed by atoms with Crippen molar-refractivity contribution in [2.45, 2.75) is 25.3 Å². The lowest BCUT2D eigenvalue weighted by Gasteiger charge is -2.18. The molecule has 1 aromatic carbocycles. The van der Waals surface area contributed by atoms with E-state index >= 15 is 0 Å².